The third-order valence-corrected chi connectivity index (χ3v) is 5.77. The van der Waals surface area contributed by atoms with Gasteiger partial charge in [-0.05, 0) is 60.5 Å². The van der Waals surface area contributed by atoms with E-state index in [4.69, 9.17) is 9.47 Å². The van der Waals surface area contributed by atoms with Crippen molar-refractivity contribution in [3.8, 4) is 0 Å². The lowest BCUT2D eigenvalue weighted by Crippen LogP contribution is -2.36. The van der Waals surface area contributed by atoms with Crippen molar-refractivity contribution >= 4 is 32.8 Å². The lowest BCUT2D eigenvalue weighted by molar-refractivity contribution is -0.0757. The van der Waals surface area contributed by atoms with Crippen LogP contribution < -0.4 is 5.69 Å². The Morgan fingerprint density at radius 1 is 1.38 bits per heavy atom. The van der Waals surface area contributed by atoms with E-state index >= 15 is 0 Å². The number of fused-ring (bicyclic) bond motifs is 1. The molecule has 0 saturated carbocycles. The van der Waals surface area contributed by atoms with E-state index in [1.54, 1.807) is 17.9 Å². The summed E-state index contributed by atoms with van der Waals surface area (Å²) >= 11 is 3.49. The first-order valence-corrected chi connectivity index (χ1v) is 10.1. The van der Waals surface area contributed by atoms with Gasteiger partial charge in [-0.1, -0.05) is 6.08 Å². The molecule has 140 valence electrons. The minimum Gasteiger partial charge on any atom is -0.379 e. The molecule has 3 heterocycles. The minimum atomic E-state index is -0.0174. The molecule has 7 heteroatoms. The van der Waals surface area contributed by atoms with Gasteiger partial charge in [0.25, 0.3) is 0 Å². The third-order valence-electron chi connectivity index (χ3n) is 5.34. The van der Waals surface area contributed by atoms with Crippen LogP contribution in [0, 0.1) is 0 Å². The summed E-state index contributed by atoms with van der Waals surface area (Å²) in [5.41, 5.74) is 2.64. The standard InChI is InChI=1S/C19H24BrN3O3/c1-25-16-8-7-15(26-12-16)11-22-17-9-13(20)10-21-18(17)23(19(22)24)14-5-3-2-4-6-14/h5,9-10,15-16H,2-4,6-8,11-12H2,1H3. The molecule has 26 heavy (non-hydrogen) atoms. The highest BCUT2D eigenvalue weighted by atomic mass is 79.9. The van der Waals surface area contributed by atoms with Gasteiger partial charge in [-0.25, -0.2) is 14.3 Å². The first-order valence-electron chi connectivity index (χ1n) is 9.28. The van der Waals surface area contributed by atoms with Crippen LogP contribution in [0.1, 0.15) is 38.5 Å². The van der Waals surface area contributed by atoms with Crippen molar-refractivity contribution in [1.82, 2.24) is 14.1 Å². The maximum absolute atomic E-state index is 13.2. The van der Waals surface area contributed by atoms with Crippen LogP contribution in [0.15, 0.2) is 27.6 Å². The molecule has 0 radical (unpaired) electrons. The Bertz CT molecular complexity index is 878. The Labute approximate surface area is 160 Å². The fourth-order valence-electron chi connectivity index (χ4n) is 3.88. The van der Waals surface area contributed by atoms with Crippen LogP contribution >= 0.6 is 15.9 Å². The first kappa shape index (κ1) is 17.9. The number of halogens is 1. The van der Waals surface area contributed by atoms with Crippen molar-refractivity contribution in [1.29, 1.82) is 0 Å². The molecule has 0 bridgehead atoms. The van der Waals surface area contributed by atoms with Gasteiger partial charge in [0, 0.05) is 23.5 Å². The lowest BCUT2D eigenvalue weighted by atomic mass is 10.0. The highest BCUT2D eigenvalue weighted by Gasteiger charge is 2.25. The minimum absolute atomic E-state index is 0.0174. The summed E-state index contributed by atoms with van der Waals surface area (Å²) < 4.78 is 15.8. The molecular formula is C19H24BrN3O3. The van der Waals surface area contributed by atoms with E-state index in [2.05, 4.69) is 27.0 Å². The largest absolute Gasteiger partial charge is 0.379 e. The molecule has 0 N–H and O–H groups in total. The topological polar surface area (TPSA) is 58.3 Å². The molecule has 2 aromatic heterocycles. The van der Waals surface area contributed by atoms with Gasteiger partial charge in [0.2, 0.25) is 0 Å². The number of aromatic nitrogens is 3. The van der Waals surface area contributed by atoms with Gasteiger partial charge < -0.3 is 9.47 Å². The van der Waals surface area contributed by atoms with Gasteiger partial charge in [0.05, 0.1) is 30.9 Å². The highest BCUT2D eigenvalue weighted by molar-refractivity contribution is 9.10. The smallest absolute Gasteiger partial charge is 0.334 e. The number of imidazole rings is 1. The number of pyridine rings is 1. The summed E-state index contributed by atoms with van der Waals surface area (Å²) in [6.07, 6.45) is 10.2. The Kier molecular flexibility index (Phi) is 5.29. The molecule has 2 aromatic rings. The normalized spacial score (nSPS) is 24.0. The molecule has 2 aliphatic rings. The zero-order valence-corrected chi connectivity index (χ0v) is 16.6. The van der Waals surface area contributed by atoms with Crippen LogP contribution in [0.5, 0.6) is 0 Å². The van der Waals surface area contributed by atoms with E-state index < -0.39 is 0 Å². The SMILES string of the molecule is COC1CCC(Cn2c(=O)n(C3=CCCCC3)c3ncc(Br)cc32)OC1. The number of rotatable bonds is 4. The van der Waals surface area contributed by atoms with E-state index in [1.165, 1.54) is 6.42 Å². The van der Waals surface area contributed by atoms with Gasteiger partial charge >= 0.3 is 5.69 Å². The third kappa shape index (κ3) is 3.40. The van der Waals surface area contributed by atoms with Crippen LogP contribution in [0.25, 0.3) is 16.9 Å². The van der Waals surface area contributed by atoms with Crippen molar-refractivity contribution < 1.29 is 9.47 Å². The number of methoxy groups -OCH3 is 1. The highest BCUT2D eigenvalue weighted by Crippen LogP contribution is 2.26. The van der Waals surface area contributed by atoms with E-state index in [0.717, 1.165) is 53.4 Å². The van der Waals surface area contributed by atoms with Crippen molar-refractivity contribution in [2.45, 2.75) is 57.3 Å². The summed E-state index contributed by atoms with van der Waals surface area (Å²) in [7, 11) is 1.72. The van der Waals surface area contributed by atoms with E-state index in [0.29, 0.717) is 13.2 Å². The predicted octanol–water partition coefficient (Wildman–Crippen LogP) is 3.57. The molecule has 1 saturated heterocycles. The Balaban J connectivity index is 1.72. The summed E-state index contributed by atoms with van der Waals surface area (Å²) in [5.74, 6) is 0. The molecule has 1 aliphatic heterocycles. The molecular weight excluding hydrogens is 398 g/mol. The van der Waals surface area contributed by atoms with Crippen molar-refractivity contribution in [3.05, 3.63) is 33.3 Å². The average Bonchev–Trinajstić information content (AvgIpc) is 2.94. The molecule has 0 amide bonds. The zero-order chi connectivity index (χ0) is 18.1. The molecule has 4 rings (SSSR count). The molecule has 0 aromatic carbocycles. The zero-order valence-electron chi connectivity index (χ0n) is 15.0. The second-order valence-corrected chi connectivity index (χ2v) is 7.97. The van der Waals surface area contributed by atoms with E-state index in [9.17, 15) is 4.79 Å². The van der Waals surface area contributed by atoms with Crippen LogP contribution in [-0.2, 0) is 16.0 Å². The van der Waals surface area contributed by atoms with Crippen molar-refractivity contribution in [3.63, 3.8) is 0 Å². The second kappa shape index (κ2) is 7.66. The Hall–Kier alpha value is -1.44. The number of hydrogen-bond acceptors (Lipinski definition) is 4. The van der Waals surface area contributed by atoms with Crippen LogP contribution in [0.3, 0.4) is 0 Å². The quantitative estimate of drug-likeness (QED) is 0.756. The van der Waals surface area contributed by atoms with Crippen molar-refractivity contribution in [2.75, 3.05) is 13.7 Å². The molecule has 2 atom stereocenters. The van der Waals surface area contributed by atoms with Crippen molar-refractivity contribution in [2.24, 2.45) is 0 Å². The number of hydrogen-bond donors (Lipinski definition) is 0. The summed E-state index contributed by atoms with van der Waals surface area (Å²) in [6, 6.07) is 1.98. The lowest BCUT2D eigenvalue weighted by Gasteiger charge is -2.28. The first-order chi connectivity index (χ1) is 12.7. The summed E-state index contributed by atoms with van der Waals surface area (Å²) in [6.45, 7) is 1.13. The van der Waals surface area contributed by atoms with E-state index in [1.807, 2.05) is 10.6 Å². The molecule has 0 spiro atoms. The van der Waals surface area contributed by atoms with Crippen LogP contribution in [-0.4, -0.2) is 40.0 Å². The molecule has 2 unspecified atom stereocenters. The number of allylic oxidation sites excluding steroid dienone is 2. The fourth-order valence-corrected chi connectivity index (χ4v) is 4.20. The average molecular weight is 422 g/mol. The van der Waals surface area contributed by atoms with Gasteiger partial charge in [-0.3, -0.25) is 4.57 Å². The maximum atomic E-state index is 13.2. The van der Waals surface area contributed by atoms with Crippen LogP contribution in [0.2, 0.25) is 0 Å². The maximum Gasteiger partial charge on any atom is 0.334 e. The predicted molar refractivity (Wildman–Crippen MR) is 104 cm³/mol. The van der Waals surface area contributed by atoms with Gasteiger partial charge in [0.1, 0.15) is 0 Å². The monoisotopic (exact) mass is 421 g/mol. The Morgan fingerprint density at radius 2 is 2.27 bits per heavy atom. The summed E-state index contributed by atoms with van der Waals surface area (Å²) in [5, 5.41) is 0. The molecule has 1 fully saturated rings. The molecule has 6 nitrogen and oxygen atoms in total. The summed E-state index contributed by atoms with van der Waals surface area (Å²) in [4.78, 5) is 17.8. The van der Waals surface area contributed by atoms with Gasteiger partial charge in [-0.2, -0.15) is 0 Å². The fraction of sp³-hybridized carbons (Fsp3) is 0.579. The number of ether oxygens (including phenoxy) is 2. The molecule has 1 aliphatic carbocycles. The van der Waals surface area contributed by atoms with E-state index in [-0.39, 0.29) is 17.9 Å². The Morgan fingerprint density at radius 3 is 2.96 bits per heavy atom. The second-order valence-electron chi connectivity index (χ2n) is 7.06. The van der Waals surface area contributed by atoms with Gasteiger partial charge in [0.15, 0.2) is 5.65 Å². The van der Waals surface area contributed by atoms with Gasteiger partial charge in [-0.15, -0.1) is 0 Å². The number of nitrogens with zero attached hydrogens (tertiary/aromatic N) is 3. The van der Waals surface area contributed by atoms with Crippen LogP contribution in [0.4, 0.5) is 0 Å².